The predicted octanol–water partition coefficient (Wildman–Crippen LogP) is 4.27. The summed E-state index contributed by atoms with van der Waals surface area (Å²) in [5.74, 6) is -0.145. The van der Waals surface area contributed by atoms with Gasteiger partial charge in [-0.3, -0.25) is 4.79 Å². The molecule has 2 N–H and O–H groups in total. The SMILES string of the molecule is Cc1ccc(C(=O)NC2CC2)cc1-c1ccc2c([C@@](C)(O)C(F)(F)F)nncc2c1. The molecule has 0 bridgehead atoms. The van der Waals surface area contributed by atoms with Crippen molar-refractivity contribution < 1.29 is 23.1 Å². The number of benzene rings is 2. The van der Waals surface area contributed by atoms with Gasteiger partial charge in [-0.05, 0) is 61.6 Å². The fourth-order valence-electron chi connectivity index (χ4n) is 3.32. The van der Waals surface area contributed by atoms with Crippen molar-refractivity contribution in [3.8, 4) is 11.1 Å². The maximum Gasteiger partial charge on any atom is 0.422 e. The Kier molecular flexibility index (Phi) is 4.77. The number of nitrogens with zero attached hydrogens (tertiary/aromatic N) is 2. The minimum atomic E-state index is -4.89. The maximum absolute atomic E-state index is 13.3. The van der Waals surface area contributed by atoms with Crippen LogP contribution in [0.25, 0.3) is 21.9 Å². The maximum atomic E-state index is 13.3. The van der Waals surface area contributed by atoms with Crippen LogP contribution in [0.1, 0.15) is 41.4 Å². The number of halogens is 3. The third kappa shape index (κ3) is 3.63. The number of aliphatic hydroxyl groups is 1. The van der Waals surface area contributed by atoms with Crippen LogP contribution in [0, 0.1) is 6.92 Å². The van der Waals surface area contributed by atoms with Crippen LogP contribution < -0.4 is 5.32 Å². The Hall–Kier alpha value is -3.00. The highest BCUT2D eigenvalue weighted by atomic mass is 19.4. The molecule has 0 aliphatic heterocycles. The summed E-state index contributed by atoms with van der Waals surface area (Å²) in [5, 5.41) is 20.8. The van der Waals surface area contributed by atoms with E-state index >= 15 is 0 Å². The first kappa shape index (κ1) is 20.3. The summed E-state index contributed by atoms with van der Waals surface area (Å²) in [6, 6.07) is 10.4. The number of aryl methyl sites for hydroxylation is 1. The van der Waals surface area contributed by atoms with Crippen molar-refractivity contribution >= 4 is 16.7 Å². The topological polar surface area (TPSA) is 75.1 Å². The van der Waals surface area contributed by atoms with Gasteiger partial charge in [0.25, 0.3) is 5.91 Å². The standard InChI is InChI=1S/C22H20F3N3O2/c1-12-3-4-14(20(29)27-16-6-7-16)10-18(12)13-5-8-17-15(9-13)11-26-28-19(17)21(2,30)22(23,24)25/h3-5,8-11,16,30H,6-7H2,1-2H3,(H,27,29)/t21-/m1/s1. The summed E-state index contributed by atoms with van der Waals surface area (Å²) in [4.78, 5) is 12.4. The molecule has 8 heteroatoms. The Morgan fingerprint density at radius 1 is 1.17 bits per heavy atom. The molecule has 0 unspecified atom stereocenters. The molecule has 1 aromatic heterocycles. The van der Waals surface area contributed by atoms with Crippen molar-refractivity contribution in [2.24, 2.45) is 0 Å². The molecular formula is C22H20F3N3O2. The largest absolute Gasteiger partial charge is 0.422 e. The number of carbonyl (C=O) groups excluding carboxylic acids is 1. The molecule has 1 saturated carbocycles. The number of rotatable bonds is 4. The summed E-state index contributed by atoms with van der Waals surface area (Å²) in [7, 11) is 0. The van der Waals surface area contributed by atoms with Crippen LogP contribution in [0.4, 0.5) is 13.2 Å². The van der Waals surface area contributed by atoms with Gasteiger partial charge in [-0.15, -0.1) is 0 Å². The zero-order chi connectivity index (χ0) is 21.7. The minimum Gasteiger partial charge on any atom is -0.375 e. The van der Waals surface area contributed by atoms with Crippen molar-refractivity contribution in [2.45, 2.75) is 44.5 Å². The van der Waals surface area contributed by atoms with Gasteiger partial charge in [0.1, 0.15) is 5.69 Å². The molecule has 1 amide bonds. The van der Waals surface area contributed by atoms with Crippen LogP contribution in [0.15, 0.2) is 42.6 Å². The van der Waals surface area contributed by atoms with Crippen molar-refractivity contribution in [3.63, 3.8) is 0 Å². The lowest BCUT2D eigenvalue weighted by Gasteiger charge is -2.26. The summed E-state index contributed by atoms with van der Waals surface area (Å²) in [5.41, 5.74) is -0.711. The second-order valence-electron chi connectivity index (χ2n) is 7.84. The third-order valence-electron chi connectivity index (χ3n) is 5.40. The smallest absolute Gasteiger partial charge is 0.375 e. The normalized spacial score (nSPS) is 16.3. The van der Waals surface area contributed by atoms with E-state index in [2.05, 4.69) is 15.5 Å². The Morgan fingerprint density at radius 3 is 2.57 bits per heavy atom. The molecule has 0 saturated heterocycles. The second-order valence-corrected chi connectivity index (χ2v) is 7.84. The van der Waals surface area contributed by atoms with E-state index in [-0.39, 0.29) is 17.3 Å². The first-order valence-electron chi connectivity index (χ1n) is 9.55. The van der Waals surface area contributed by atoms with E-state index in [1.807, 2.05) is 13.0 Å². The number of amides is 1. The molecule has 1 heterocycles. The van der Waals surface area contributed by atoms with Crippen molar-refractivity contribution in [2.75, 3.05) is 0 Å². The Morgan fingerprint density at radius 2 is 1.90 bits per heavy atom. The number of hydrogen-bond donors (Lipinski definition) is 2. The zero-order valence-electron chi connectivity index (χ0n) is 16.4. The lowest BCUT2D eigenvalue weighted by molar-refractivity contribution is -0.260. The fourth-order valence-corrected chi connectivity index (χ4v) is 3.32. The van der Waals surface area contributed by atoms with Crippen LogP contribution >= 0.6 is 0 Å². The number of aromatic nitrogens is 2. The number of carbonyl (C=O) groups is 1. The summed E-state index contributed by atoms with van der Waals surface area (Å²) in [6.07, 6.45) is -1.57. The summed E-state index contributed by atoms with van der Waals surface area (Å²) >= 11 is 0. The van der Waals surface area contributed by atoms with Gasteiger partial charge in [0.15, 0.2) is 0 Å². The molecule has 3 aromatic rings. The monoisotopic (exact) mass is 415 g/mol. The zero-order valence-corrected chi connectivity index (χ0v) is 16.4. The van der Waals surface area contributed by atoms with Crippen molar-refractivity contribution in [1.82, 2.24) is 15.5 Å². The van der Waals surface area contributed by atoms with Gasteiger partial charge in [0.05, 0.1) is 6.20 Å². The summed E-state index contributed by atoms with van der Waals surface area (Å²) in [6.45, 7) is 2.56. The van der Waals surface area contributed by atoms with Crippen LogP contribution in [0.5, 0.6) is 0 Å². The van der Waals surface area contributed by atoms with Crippen LogP contribution in [0.3, 0.4) is 0 Å². The van der Waals surface area contributed by atoms with Crippen LogP contribution in [-0.2, 0) is 5.60 Å². The van der Waals surface area contributed by atoms with Gasteiger partial charge in [-0.25, -0.2) is 0 Å². The van der Waals surface area contributed by atoms with Crippen LogP contribution in [0.2, 0.25) is 0 Å². The molecule has 2 aromatic carbocycles. The highest BCUT2D eigenvalue weighted by Gasteiger charge is 2.53. The Balaban J connectivity index is 1.77. The van der Waals surface area contributed by atoms with E-state index < -0.39 is 17.5 Å². The molecule has 5 nitrogen and oxygen atoms in total. The van der Waals surface area contributed by atoms with E-state index in [1.165, 1.54) is 12.3 Å². The lowest BCUT2D eigenvalue weighted by Crippen LogP contribution is -2.40. The molecule has 156 valence electrons. The van der Waals surface area contributed by atoms with Gasteiger partial charge < -0.3 is 10.4 Å². The number of hydrogen-bond acceptors (Lipinski definition) is 4. The van der Waals surface area contributed by atoms with Gasteiger partial charge in [-0.1, -0.05) is 18.2 Å². The molecule has 1 fully saturated rings. The molecular weight excluding hydrogens is 395 g/mol. The molecule has 4 rings (SSSR count). The lowest BCUT2D eigenvalue weighted by atomic mass is 9.93. The first-order chi connectivity index (χ1) is 14.1. The molecule has 1 aliphatic carbocycles. The van der Waals surface area contributed by atoms with E-state index in [1.54, 1.807) is 24.3 Å². The van der Waals surface area contributed by atoms with Crippen LogP contribution in [-0.4, -0.2) is 33.4 Å². The third-order valence-corrected chi connectivity index (χ3v) is 5.40. The predicted molar refractivity (Wildman–Crippen MR) is 106 cm³/mol. The number of fused-ring (bicyclic) bond motifs is 1. The number of alkyl halides is 3. The van der Waals surface area contributed by atoms with Gasteiger partial charge in [-0.2, -0.15) is 23.4 Å². The van der Waals surface area contributed by atoms with Gasteiger partial charge >= 0.3 is 6.18 Å². The first-order valence-corrected chi connectivity index (χ1v) is 9.55. The van der Waals surface area contributed by atoms with E-state index in [0.717, 1.165) is 29.5 Å². The van der Waals surface area contributed by atoms with E-state index in [9.17, 15) is 23.1 Å². The molecule has 0 spiro atoms. The minimum absolute atomic E-state index is 0.145. The Labute approximate surface area is 170 Å². The van der Waals surface area contributed by atoms with Gasteiger partial charge in [0.2, 0.25) is 5.60 Å². The quantitative estimate of drug-likeness (QED) is 0.668. The average Bonchev–Trinajstić information content (AvgIpc) is 3.50. The van der Waals surface area contributed by atoms with Crippen molar-refractivity contribution in [1.29, 1.82) is 0 Å². The highest BCUT2D eigenvalue weighted by Crippen LogP contribution is 2.40. The fraction of sp³-hybridized carbons (Fsp3) is 0.318. The van der Waals surface area contributed by atoms with Crippen molar-refractivity contribution in [3.05, 3.63) is 59.4 Å². The molecule has 30 heavy (non-hydrogen) atoms. The second kappa shape index (κ2) is 7.05. The summed E-state index contributed by atoms with van der Waals surface area (Å²) < 4.78 is 39.9. The molecule has 1 atom stereocenters. The van der Waals surface area contributed by atoms with E-state index in [4.69, 9.17) is 0 Å². The Bertz CT molecular complexity index is 1140. The van der Waals surface area contributed by atoms with E-state index in [0.29, 0.717) is 17.9 Å². The average molecular weight is 415 g/mol. The molecule has 0 radical (unpaired) electrons. The highest BCUT2D eigenvalue weighted by molar-refractivity contribution is 5.97. The number of nitrogens with one attached hydrogen (secondary N) is 1. The molecule has 1 aliphatic rings. The van der Waals surface area contributed by atoms with Gasteiger partial charge in [0, 0.05) is 22.4 Å².